The Balaban J connectivity index is 2.86. The zero-order valence-electron chi connectivity index (χ0n) is 10.7. The van der Waals surface area contributed by atoms with Gasteiger partial charge in [0.25, 0.3) is 0 Å². The van der Waals surface area contributed by atoms with Gasteiger partial charge in [0.15, 0.2) is 0 Å². The molecule has 0 radical (unpaired) electrons. The van der Waals surface area contributed by atoms with E-state index in [9.17, 15) is 9.59 Å². The molecule has 1 N–H and O–H groups in total. The predicted molar refractivity (Wildman–Crippen MR) is 68.0 cm³/mol. The Morgan fingerprint density at radius 3 is 2.50 bits per heavy atom. The zero-order chi connectivity index (χ0) is 13.7. The SMILES string of the molecule is CC(C)COC(=O)N(C)c1ccccc1C(=O)O. The highest BCUT2D eigenvalue weighted by atomic mass is 16.6. The summed E-state index contributed by atoms with van der Waals surface area (Å²) in [4.78, 5) is 24.0. The van der Waals surface area contributed by atoms with Crippen LogP contribution >= 0.6 is 0 Å². The third-order valence-electron chi connectivity index (χ3n) is 2.31. The first-order valence-corrected chi connectivity index (χ1v) is 5.66. The van der Waals surface area contributed by atoms with Crippen molar-refractivity contribution in [3.63, 3.8) is 0 Å². The minimum atomic E-state index is -1.07. The Kier molecular flexibility index (Phi) is 4.71. The zero-order valence-corrected chi connectivity index (χ0v) is 10.7. The van der Waals surface area contributed by atoms with Crippen LogP contribution < -0.4 is 4.90 Å². The molecule has 0 unspecified atom stereocenters. The van der Waals surface area contributed by atoms with Crippen molar-refractivity contribution < 1.29 is 19.4 Å². The molecule has 1 amide bonds. The standard InChI is InChI=1S/C13H17NO4/c1-9(2)8-18-13(17)14(3)11-7-5-4-6-10(11)12(15)16/h4-7,9H,8H2,1-3H3,(H,15,16). The van der Waals surface area contributed by atoms with Gasteiger partial charge in [-0.25, -0.2) is 9.59 Å². The maximum absolute atomic E-state index is 11.7. The number of carbonyl (C=O) groups is 2. The van der Waals surface area contributed by atoms with Gasteiger partial charge in [0, 0.05) is 7.05 Å². The fourth-order valence-electron chi connectivity index (χ4n) is 1.38. The van der Waals surface area contributed by atoms with E-state index < -0.39 is 12.1 Å². The van der Waals surface area contributed by atoms with Crippen LogP contribution in [0.15, 0.2) is 24.3 Å². The molecule has 0 atom stereocenters. The van der Waals surface area contributed by atoms with Crippen LogP contribution in [0.2, 0.25) is 0 Å². The van der Waals surface area contributed by atoms with E-state index in [1.54, 1.807) is 18.2 Å². The number of anilines is 1. The van der Waals surface area contributed by atoms with Gasteiger partial charge in [0.05, 0.1) is 17.9 Å². The van der Waals surface area contributed by atoms with Gasteiger partial charge in [-0.05, 0) is 18.1 Å². The molecular weight excluding hydrogens is 234 g/mol. The van der Waals surface area contributed by atoms with Gasteiger partial charge in [-0.2, -0.15) is 0 Å². The van der Waals surface area contributed by atoms with Crippen LogP contribution in [-0.4, -0.2) is 30.8 Å². The van der Waals surface area contributed by atoms with Crippen molar-refractivity contribution in [3.05, 3.63) is 29.8 Å². The number of benzene rings is 1. The molecule has 5 heteroatoms. The first-order valence-electron chi connectivity index (χ1n) is 5.66. The van der Waals surface area contributed by atoms with Crippen molar-refractivity contribution >= 4 is 17.7 Å². The van der Waals surface area contributed by atoms with Crippen molar-refractivity contribution in [1.82, 2.24) is 0 Å². The van der Waals surface area contributed by atoms with Crippen molar-refractivity contribution in [3.8, 4) is 0 Å². The van der Waals surface area contributed by atoms with Gasteiger partial charge in [-0.1, -0.05) is 26.0 Å². The Labute approximate surface area is 106 Å². The van der Waals surface area contributed by atoms with Crippen LogP contribution in [0, 0.1) is 5.92 Å². The molecule has 0 aliphatic heterocycles. The van der Waals surface area contributed by atoms with Crippen LogP contribution in [0.1, 0.15) is 24.2 Å². The number of para-hydroxylation sites is 1. The molecule has 0 aliphatic rings. The third kappa shape index (κ3) is 3.48. The van der Waals surface area contributed by atoms with Crippen molar-refractivity contribution in [2.45, 2.75) is 13.8 Å². The van der Waals surface area contributed by atoms with E-state index in [2.05, 4.69) is 0 Å². The lowest BCUT2D eigenvalue weighted by Gasteiger charge is -2.19. The number of aromatic carboxylic acids is 1. The van der Waals surface area contributed by atoms with E-state index in [0.29, 0.717) is 12.3 Å². The Morgan fingerprint density at radius 1 is 1.33 bits per heavy atom. The van der Waals surface area contributed by atoms with Gasteiger partial charge in [-0.3, -0.25) is 4.90 Å². The molecule has 0 fully saturated rings. The highest BCUT2D eigenvalue weighted by Gasteiger charge is 2.18. The smallest absolute Gasteiger partial charge is 0.414 e. The second-order valence-corrected chi connectivity index (χ2v) is 4.35. The van der Waals surface area contributed by atoms with Gasteiger partial charge < -0.3 is 9.84 Å². The van der Waals surface area contributed by atoms with Crippen LogP contribution in [-0.2, 0) is 4.74 Å². The van der Waals surface area contributed by atoms with Crippen LogP contribution in [0.3, 0.4) is 0 Å². The second-order valence-electron chi connectivity index (χ2n) is 4.35. The monoisotopic (exact) mass is 251 g/mol. The summed E-state index contributed by atoms with van der Waals surface area (Å²) in [6.07, 6.45) is -0.558. The molecule has 1 rings (SSSR count). The van der Waals surface area contributed by atoms with E-state index in [1.807, 2.05) is 13.8 Å². The highest BCUT2D eigenvalue weighted by Crippen LogP contribution is 2.19. The number of carboxylic acid groups (broad SMARTS) is 1. The Morgan fingerprint density at radius 2 is 1.94 bits per heavy atom. The average molecular weight is 251 g/mol. The molecule has 0 saturated carbocycles. The van der Waals surface area contributed by atoms with Crippen LogP contribution in [0.4, 0.5) is 10.5 Å². The summed E-state index contributed by atoms with van der Waals surface area (Å²) >= 11 is 0. The number of hydrogen-bond donors (Lipinski definition) is 1. The van der Waals surface area contributed by atoms with E-state index >= 15 is 0 Å². The van der Waals surface area contributed by atoms with E-state index in [-0.39, 0.29) is 11.5 Å². The summed E-state index contributed by atoms with van der Waals surface area (Å²) in [5.41, 5.74) is 0.389. The van der Waals surface area contributed by atoms with Crippen LogP contribution in [0.5, 0.6) is 0 Å². The molecule has 0 spiro atoms. The molecular formula is C13H17NO4. The molecule has 1 aromatic rings. The minimum absolute atomic E-state index is 0.0708. The molecule has 0 saturated heterocycles. The number of hydrogen-bond acceptors (Lipinski definition) is 3. The van der Waals surface area contributed by atoms with E-state index in [1.165, 1.54) is 18.0 Å². The first kappa shape index (κ1) is 14.0. The number of carbonyl (C=O) groups excluding carboxylic acids is 1. The third-order valence-corrected chi connectivity index (χ3v) is 2.31. The van der Waals surface area contributed by atoms with E-state index in [4.69, 9.17) is 9.84 Å². The molecule has 1 aromatic carbocycles. The highest BCUT2D eigenvalue weighted by molar-refractivity contribution is 5.99. The van der Waals surface area contributed by atoms with Gasteiger partial charge in [0.1, 0.15) is 0 Å². The summed E-state index contributed by atoms with van der Waals surface area (Å²) in [7, 11) is 1.49. The maximum atomic E-state index is 11.7. The fraction of sp³-hybridized carbons (Fsp3) is 0.385. The Bertz CT molecular complexity index is 442. The van der Waals surface area contributed by atoms with E-state index in [0.717, 1.165) is 0 Å². The van der Waals surface area contributed by atoms with Gasteiger partial charge >= 0.3 is 12.1 Å². The number of carboxylic acids is 1. The summed E-state index contributed by atoms with van der Waals surface area (Å²) in [6, 6.07) is 6.30. The predicted octanol–water partition coefficient (Wildman–Crippen LogP) is 2.61. The van der Waals surface area contributed by atoms with Crippen molar-refractivity contribution in [1.29, 1.82) is 0 Å². The van der Waals surface area contributed by atoms with Gasteiger partial charge in [-0.15, -0.1) is 0 Å². The molecule has 0 aromatic heterocycles. The molecule has 5 nitrogen and oxygen atoms in total. The largest absolute Gasteiger partial charge is 0.478 e. The fourth-order valence-corrected chi connectivity index (χ4v) is 1.38. The van der Waals surface area contributed by atoms with Crippen LogP contribution in [0.25, 0.3) is 0 Å². The summed E-state index contributed by atoms with van der Waals surface area (Å²) in [5.74, 6) is -0.842. The lowest BCUT2D eigenvalue weighted by Crippen LogP contribution is -2.29. The average Bonchev–Trinajstić information content (AvgIpc) is 2.34. The summed E-state index contributed by atoms with van der Waals surface area (Å²) in [5, 5.41) is 9.04. The maximum Gasteiger partial charge on any atom is 0.414 e. The normalized spacial score (nSPS) is 10.2. The Hall–Kier alpha value is -2.04. The lowest BCUT2D eigenvalue weighted by atomic mass is 10.1. The van der Waals surface area contributed by atoms with Crippen molar-refractivity contribution in [2.75, 3.05) is 18.6 Å². The number of ether oxygens (including phenoxy) is 1. The minimum Gasteiger partial charge on any atom is -0.478 e. The molecule has 0 heterocycles. The molecule has 98 valence electrons. The molecule has 18 heavy (non-hydrogen) atoms. The molecule has 0 aliphatic carbocycles. The summed E-state index contributed by atoms with van der Waals surface area (Å²) < 4.78 is 5.05. The quantitative estimate of drug-likeness (QED) is 0.893. The first-order chi connectivity index (χ1) is 8.43. The number of rotatable bonds is 4. The second kappa shape index (κ2) is 6.05. The number of nitrogens with zero attached hydrogens (tertiary/aromatic N) is 1. The lowest BCUT2D eigenvalue weighted by molar-refractivity contribution is 0.0697. The number of amides is 1. The summed E-state index contributed by atoms with van der Waals surface area (Å²) in [6.45, 7) is 4.16. The van der Waals surface area contributed by atoms with Gasteiger partial charge in [0.2, 0.25) is 0 Å². The molecule has 0 bridgehead atoms. The van der Waals surface area contributed by atoms with Crippen molar-refractivity contribution in [2.24, 2.45) is 5.92 Å². The topological polar surface area (TPSA) is 66.8 Å².